The van der Waals surface area contributed by atoms with Crippen LogP contribution in [0.4, 0.5) is 0 Å². The van der Waals surface area contributed by atoms with E-state index in [1.54, 1.807) is 0 Å². The molecule has 0 saturated carbocycles. The molecule has 4 heteroatoms. The van der Waals surface area contributed by atoms with Gasteiger partial charge in [0.25, 0.3) is 0 Å². The normalized spacial score (nSPS) is 10.0. The molecule has 0 aliphatic carbocycles. The Labute approximate surface area is 101 Å². The van der Waals surface area contributed by atoms with Crippen LogP contribution in [-0.4, -0.2) is 13.2 Å². The van der Waals surface area contributed by atoms with E-state index in [9.17, 15) is 0 Å². The molecule has 14 heavy (non-hydrogen) atoms. The van der Waals surface area contributed by atoms with Gasteiger partial charge in [-0.15, -0.1) is 0 Å². The summed E-state index contributed by atoms with van der Waals surface area (Å²) < 4.78 is 12.6. The van der Waals surface area contributed by atoms with Gasteiger partial charge < -0.3 is 9.47 Å². The average molecular weight is 324 g/mol. The molecule has 1 aromatic carbocycles. The summed E-state index contributed by atoms with van der Waals surface area (Å²) in [7, 11) is 0. The molecule has 1 rings (SSSR count). The van der Waals surface area contributed by atoms with Crippen molar-refractivity contribution in [1.82, 2.24) is 0 Å². The van der Waals surface area contributed by atoms with E-state index in [1.807, 2.05) is 26.0 Å². The van der Waals surface area contributed by atoms with Crippen LogP contribution in [0, 0.1) is 0 Å². The molecule has 0 aromatic heterocycles. The molecule has 2 nitrogen and oxygen atoms in total. The van der Waals surface area contributed by atoms with Gasteiger partial charge in [0.2, 0.25) is 0 Å². The lowest BCUT2D eigenvalue weighted by molar-refractivity contribution is 0.327. The Morgan fingerprint density at radius 1 is 1.00 bits per heavy atom. The average Bonchev–Trinajstić information content (AvgIpc) is 2.12. The number of halogens is 2. The molecule has 1 aromatic rings. The van der Waals surface area contributed by atoms with Crippen molar-refractivity contribution in [3.63, 3.8) is 0 Å². The number of benzene rings is 1. The Balaban J connectivity index is 2.98. The first-order valence-corrected chi connectivity index (χ1v) is 6.02. The van der Waals surface area contributed by atoms with E-state index >= 15 is 0 Å². The SMILES string of the molecule is CCOc1cc(Br)c(OCC)c(Br)c1. The van der Waals surface area contributed by atoms with Gasteiger partial charge in [0.15, 0.2) is 0 Å². The third kappa shape index (κ3) is 2.89. The number of ether oxygens (including phenoxy) is 2. The van der Waals surface area contributed by atoms with Crippen molar-refractivity contribution in [3.8, 4) is 11.5 Å². The lowest BCUT2D eigenvalue weighted by Crippen LogP contribution is -1.96. The molecule has 0 heterocycles. The topological polar surface area (TPSA) is 18.5 Å². The minimum Gasteiger partial charge on any atom is -0.494 e. The van der Waals surface area contributed by atoms with Crippen LogP contribution in [0.15, 0.2) is 21.1 Å². The summed E-state index contributed by atoms with van der Waals surface area (Å²) >= 11 is 6.87. The minimum absolute atomic E-state index is 0.644. The van der Waals surface area contributed by atoms with Crippen molar-refractivity contribution < 1.29 is 9.47 Å². The van der Waals surface area contributed by atoms with Crippen LogP contribution in [0.3, 0.4) is 0 Å². The van der Waals surface area contributed by atoms with Gasteiger partial charge in [0, 0.05) is 0 Å². The van der Waals surface area contributed by atoms with Gasteiger partial charge in [-0.2, -0.15) is 0 Å². The summed E-state index contributed by atoms with van der Waals surface area (Å²) in [6.45, 7) is 5.21. The Bertz CT molecular complexity index is 290. The summed E-state index contributed by atoms with van der Waals surface area (Å²) in [6, 6.07) is 3.80. The highest BCUT2D eigenvalue weighted by Gasteiger charge is 2.08. The largest absolute Gasteiger partial charge is 0.494 e. The molecule has 78 valence electrons. The van der Waals surface area contributed by atoms with Crippen LogP contribution in [0.2, 0.25) is 0 Å². The fourth-order valence-corrected chi connectivity index (χ4v) is 2.44. The van der Waals surface area contributed by atoms with Gasteiger partial charge in [-0.05, 0) is 57.8 Å². The van der Waals surface area contributed by atoms with Crippen molar-refractivity contribution >= 4 is 31.9 Å². The molecule has 0 amide bonds. The standard InChI is InChI=1S/C10H12Br2O2/c1-3-13-7-5-8(11)10(14-4-2)9(12)6-7/h5-6H,3-4H2,1-2H3. The maximum Gasteiger partial charge on any atom is 0.147 e. The summed E-state index contributed by atoms with van der Waals surface area (Å²) in [6.07, 6.45) is 0. The molecule has 0 aliphatic rings. The van der Waals surface area contributed by atoms with Crippen LogP contribution < -0.4 is 9.47 Å². The van der Waals surface area contributed by atoms with Crippen LogP contribution in [0.5, 0.6) is 11.5 Å². The number of hydrogen-bond acceptors (Lipinski definition) is 2. The highest BCUT2D eigenvalue weighted by Crippen LogP contribution is 2.37. The first kappa shape index (κ1) is 11.9. The summed E-state index contributed by atoms with van der Waals surface area (Å²) in [5, 5.41) is 0. The second kappa shape index (κ2) is 5.61. The summed E-state index contributed by atoms with van der Waals surface area (Å²) in [4.78, 5) is 0. The molecule has 0 bridgehead atoms. The Hall–Kier alpha value is -0.220. The zero-order valence-electron chi connectivity index (χ0n) is 8.14. The zero-order valence-corrected chi connectivity index (χ0v) is 11.3. The van der Waals surface area contributed by atoms with Gasteiger partial charge in [0.1, 0.15) is 11.5 Å². The molecular weight excluding hydrogens is 312 g/mol. The van der Waals surface area contributed by atoms with Crippen molar-refractivity contribution in [3.05, 3.63) is 21.1 Å². The predicted octanol–water partition coefficient (Wildman–Crippen LogP) is 4.01. The minimum atomic E-state index is 0.644. The molecule has 0 atom stereocenters. The zero-order chi connectivity index (χ0) is 10.6. The monoisotopic (exact) mass is 322 g/mol. The molecule has 0 unspecified atom stereocenters. The van der Waals surface area contributed by atoms with Crippen LogP contribution in [0.25, 0.3) is 0 Å². The first-order chi connectivity index (χ1) is 6.69. The van der Waals surface area contributed by atoms with Crippen molar-refractivity contribution in [1.29, 1.82) is 0 Å². The van der Waals surface area contributed by atoms with Crippen LogP contribution in [0.1, 0.15) is 13.8 Å². The lowest BCUT2D eigenvalue weighted by atomic mass is 10.3. The van der Waals surface area contributed by atoms with E-state index in [-0.39, 0.29) is 0 Å². The maximum atomic E-state index is 5.45. The molecular formula is C10H12Br2O2. The van der Waals surface area contributed by atoms with Crippen LogP contribution >= 0.6 is 31.9 Å². The van der Waals surface area contributed by atoms with Crippen molar-refractivity contribution in [2.45, 2.75) is 13.8 Å². The summed E-state index contributed by atoms with van der Waals surface area (Å²) in [5.41, 5.74) is 0. The van der Waals surface area contributed by atoms with E-state index in [0.717, 1.165) is 20.4 Å². The third-order valence-corrected chi connectivity index (χ3v) is 2.75. The highest BCUT2D eigenvalue weighted by molar-refractivity contribution is 9.11. The van der Waals surface area contributed by atoms with Crippen molar-refractivity contribution in [2.24, 2.45) is 0 Å². The smallest absolute Gasteiger partial charge is 0.147 e. The van der Waals surface area contributed by atoms with Gasteiger partial charge in [-0.1, -0.05) is 0 Å². The first-order valence-electron chi connectivity index (χ1n) is 4.43. The lowest BCUT2D eigenvalue weighted by Gasteiger charge is -2.10. The second-order valence-electron chi connectivity index (χ2n) is 2.58. The molecule has 0 radical (unpaired) electrons. The van der Waals surface area contributed by atoms with E-state index < -0.39 is 0 Å². The molecule has 0 saturated heterocycles. The Morgan fingerprint density at radius 2 is 1.50 bits per heavy atom. The van der Waals surface area contributed by atoms with Gasteiger partial charge in [0.05, 0.1) is 22.2 Å². The quantitative estimate of drug-likeness (QED) is 0.833. The molecule has 0 spiro atoms. The number of hydrogen-bond donors (Lipinski definition) is 0. The highest BCUT2D eigenvalue weighted by atomic mass is 79.9. The summed E-state index contributed by atoms with van der Waals surface area (Å²) in [5.74, 6) is 1.64. The van der Waals surface area contributed by atoms with E-state index in [1.165, 1.54) is 0 Å². The third-order valence-electron chi connectivity index (χ3n) is 1.57. The predicted molar refractivity (Wildman–Crippen MR) is 64.2 cm³/mol. The fourth-order valence-electron chi connectivity index (χ4n) is 1.07. The molecule has 0 fully saturated rings. The Morgan fingerprint density at radius 3 is 1.93 bits per heavy atom. The van der Waals surface area contributed by atoms with Gasteiger partial charge in [-0.3, -0.25) is 0 Å². The van der Waals surface area contributed by atoms with Gasteiger partial charge >= 0.3 is 0 Å². The van der Waals surface area contributed by atoms with E-state index in [0.29, 0.717) is 13.2 Å². The van der Waals surface area contributed by atoms with Crippen molar-refractivity contribution in [2.75, 3.05) is 13.2 Å². The van der Waals surface area contributed by atoms with E-state index in [4.69, 9.17) is 9.47 Å². The molecule has 0 aliphatic heterocycles. The molecule has 0 N–H and O–H groups in total. The van der Waals surface area contributed by atoms with E-state index in [2.05, 4.69) is 31.9 Å². The Kier molecular flexibility index (Phi) is 4.75. The fraction of sp³-hybridized carbons (Fsp3) is 0.400. The van der Waals surface area contributed by atoms with Gasteiger partial charge in [-0.25, -0.2) is 0 Å². The maximum absolute atomic E-state index is 5.45. The number of rotatable bonds is 4. The van der Waals surface area contributed by atoms with Crippen LogP contribution in [-0.2, 0) is 0 Å². The second-order valence-corrected chi connectivity index (χ2v) is 4.29.